The maximum atomic E-state index is 14.1. The first-order valence-electron chi connectivity index (χ1n) is 13.2. The number of ether oxygens (including phenoxy) is 1. The Morgan fingerprint density at radius 3 is 2.16 bits per heavy atom. The van der Waals surface area contributed by atoms with E-state index in [1.807, 2.05) is 66.7 Å². The van der Waals surface area contributed by atoms with Gasteiger partial charge in [0, 0.05) is 36.4 Å². The number of rotatable bonds is 8. The van der Waals surface area contributed by atoms with Crippen LogP contribution in [0, 0.1) is 0 Å². The van der Waals surface area contributed by atoms with E-state index in [1.165, 1.54) is 7.11 Å². The first-order valence-corrected chi connectivity index (χ1v) is 13.2. The number of carbonyl (C=O) groups is 3. The first-order chi connectivity index (χ1) is 18.5. The van der Waals surface area contributed by atoms with Gasteiger partial charge in [0.25, 0.3) is 5.91 Å². The molecule has 3 aromatic rings. The minimum atomic E-state index is -0.654. The van der Waals surface area contributed by atoms with Crippen LogP contribution in [0.3, 0.4) is 0 Å². The number of carbonyl (C=O) groups excluding carboxylic acids is 3. The van der Waals surface area contributed by atoms with E-state index in [2.05, 4.69) is 9.80 Å². The third-order valence-electron chi connectivity index (χ3n) is 7.75. The second-order valence-corrected chi connectivity index (χ2v) is 9.95. The minimum absolute atomic E-state index is 0.0577. The molecule has 1 amide bonds. The van der Waals surface area contributed by atoms with Gasteiger partial charge < -0.3 is 14.5 Å². The molecular weight excluding hydrogens is 478 g/mol. The Morgan fingerprint density at radius 2 is 1.47 bits per heavy atom. The Balaban J connectivity index is 1.30. The van der Waals surface area contributed by atoms with Gasteiger partial charge in [-0.3, -0.25) is 14.5 Å². The summed E-state index contributed by atoms with van der Waals surface area (Å²) < 4.78 is 4.89. The van der Waals surface area contributed by atoms with Crippen molar-refractivity contribution in [1.82, 2.24) is 4.90 Å². The van der Waals surface area contributed by atoms with Gasteiger partial charge >= 0.3 is 5.97 Å². The molecule has 2 aliphatic rings. The van der Waals surface area contributed by atoms with Gasteiger partial charge in [0.2, 0.25) is 0 Å². The molecule has 0 aromatic heterocycles. The lowest BCUT2D eigenvalue weighted by Gasteiger charge is -2.43. The summed E-state index contributed by atoms with van der Waals surface area (Å²) in [5, 5.41) is 0. The number of esters is 1. The van der Waals surface area contributed by atoms with Gasteiger partial charge in [-0.15, -0.1) is 0 Å². The van der Waals surface area contributed by atoms with E-state index in [0.29, 0.717) is 37.2 Å². The summed E-state index contributed by atoms with van der Waals surface area (Å²) in [4.78, 5) is 45.1. The van der Waals surface area contributed by atoms with Crippen molar-refractivity contribution in [2.24, 2.45) is 0 Å². The summed E-state index contributed by atoms with van der Waals surface area (Å²) >= 11 is 0. The van der Waals surface area contributed by atoms with Crippen molar-refractivity contribution in [3.05, 3.63) is 96.1 Å². The van der Waals surface area contributed by atoms with Crippen LogP contribution in [-0.2, 0) is 9.53 Å². The zero-order chi connectivity index (χ0) is 26.5. The highest BCUT2D eigenvalue weighted by atomic mass is 16.5. The van der Waals surface area contributed by atoms with Crippen LogP contribution in [0.1, 0.15) is 46.4 Å². The molecule has 0 bridgehead atoms. The van der Waals surface area contributed by atoms with Crippen LogP contribution < -0.4 is 9.80 Å². The number of methoxy groups -OCH3 is 1. The fourth-order valence-electron chi connectivity index (χ4n) is 5.62. The van der Waals surface area contributed by atoms with E-state index >= 15 is 0 Å². The van der Waals surface area contributed by atoms with Crippen LogP contribution in [0.2, 0.25) is 0 Å². The molecule has 0 aliphatic carbocycles. The molecule has 3 aromatic carbocycles. The van der Waals surface area contributed by atoms with Crippen molar-refractivity contribution in [2.75, 3.05) is 43.2 Å². The van der Waals surface area contributed by atoms with Crippen molar-refractivity contribution in [1.29, 1.82) is 0 Å². The molecule has 5 rings (SSSR count). The summed E-state index contributed by atoms with van der Waals surface area (Å²) in [5.41, 5.74) is 2.23. The van der Waals surface area contributed by atoms with E-state index in [-0.39, 0.29) is 11.7 Å². The zero-order valence-corrected chi connectivity index (χ0v) is 21.7. The SMILES string of the molecule is COC(=O)c1cccc(N2CN(c3ccccc3)C3(CCN(CCCC(=O)c4ccccc4)CC3)C2=O)c1. The number of amides is 1. The Morgan fingerprint density at radius 1 is 0.842 bits per heavy atom. The number of nitrogens with zero attached hydrogens (tertiary/aromatic N) is 3. The average molecular weight is 512 g/mol. The van der Waals surface area contributed by atoms with E-state index in [1.54, 1.807) is 23.1 Å². The molecule has 0 radical (unpaired) electrons. The standard InChI is InChI=1S/C31H33N3O4/c1-38-29(36)25-12-8-15-27(22-25)33-23-34(26-13-6-3-7-14-26)31(30(33)37)17-20-32(21-18-31)19-9-16-28(35)24-10-4-2-5-11-24/h2-8,10-15,22H,9,16-21,23H2,1H3. The summed E-state index contributed by atoms with van der Waals surface area (Å²) in [6.07, 6.45) is 2.70. The molecule has 0 saturated carbocycles. The molecule has 0 N–H and O–H groups in total. The summed E-state index contributed by atoms with van der Waals surface area (Å²) in [6, 6.07) is 26.6. The maximum absolute atomic E-state index is 14.1. The molecule has 0 unspecified atom stereocenters. The van der Waals surface area contributed by atoms with Crippen molar-refractivity contribution in [3.63, 3.8) is 0 Å². The summed E-state index contributed by atoms with van der Waals surface area (Å²) in [5.74, 6) is -0.195. The highest BCUT2D eigenvalue weighted by Gasteiger charge is 2.54. The maximum Gasteiger partial charge on any atom is 0.337 e. The second-order valence-electron chi connectivity index (χ2n) is 9.95. The van der Waals surface area contributed by atoms with Crippen LogP contribution in [0.4, 0.5) is 11.4 Å². The molecule has 2 saturated heterocycles. The van der Waals surface area contributed by atoms with E-state index in [4.69, 9.17) is 4.74 Å². The van der Waals surface area contributed by atoms with Crippen molar-refractivity contribution < 1.29 is 19.1 Å². The van der Waals surface area contributed by atoms with E-state index in [0.717, 1.165) is 37.3 Å². The zero-order valence-electron chi connectivity index (χ0n) is 21.7. The smallest absolute Gasteiger partial charge is 0.337 e. The number of hydrogen-bond acceptors (Lipinski definition) is 6. The molecule has 7 heteroatoms. The summed E-state index contributed by atoms with van der Waals surface area (Å²) in [6.45, 7) is 2.81. The topological polar surface area (TPSA) is 70.2 Å². The Bertz CT molecular complexity index is 1290. The molecule has 38 heavy (non-hydrogen) atoms. The number of benzene rings is 3. The molecule has 2 fully saturated rings. The average Bonchev–Trinajstić information content (AvgIpc) is 3.25. The Labute approximate surface area is 223 Å². The van der Waals surface area contributed by atoms with Crippen molar-refractivity contribution in [3.8, 4) is 0 Å². The minimum Gasteiger partial charge on any atom is -0.465 e. The van der Waals surface area contributed by atoms with Crippen LogP contribution in [0.15, 0.2) is 84.9 Å². The van der Waals surface area contributed by atoms with Crippen molar-refractivity contribution in [2.45, 2.75) is 31.2 Å². The van der Waals surface area contributed by atoms with Crippen LogP contribution in [-0.4, -0.2) is 61.5 Å². The van der Waals surface area contributed by atoms with Crippen molar-refractivity contribution >= 4 is 29.0 Å². The van der Waals surface area contributed by atoms with E-state index in [9.17, 15) is 14.4 Å². The third-order valence-corrected chi connectivity index (χ3v) is 7.75. The molecule has 1 spiro atoms. The van der Waals surface area contributed by atoms with Crippen LogP contribution in [0.5, 0.6) is 0 Å². The van der Waals surface area contributed by atoms with Gasteiger partial charge in [0.05, 0.1) is 19.3 Å². The predicted molar refractivity (Wildman–Crippen MR) is 147 cm³/mol. The Hall–Kier alpha value is -3.97. The molecule has 196 valence electrons. The van der Waals surface area contributed by atoms with E-state index < -0.39 is 11.5 Å². The molecular formula is C31H33N3O4. The van der Waals surface area contributed by atoms with Gasteiger partial charge in [0.15, 0.2) is 5.78 Å². The lowest BCUT2D eigenvalue weighted by molar-refractivity contribution is -0.123. The highest BCUT2D eigenvalue weighted by Crippen LogP contribution is 2.41. The first kappa shape index (κ1) is 25.7. The molecule has 0 atom stereocenters. The quantitative estimate of drug-likeness (QED) is 0.320. The van der Waals surface area contributed by atoms with Gasteiger partial charge in [0.1, 0.15) is 5.54 Å². The fraction of sp³-hybridized carbons (Fsp3) is 0.323. The summed E-state index contributed by atoms with van der Waals surface area (Å²) in [7, 11) is 1.35. The number of anilines is 2. The van der Waals surface area contributed by atoms with Crippen LogP contribution in [0.25, 0.3) is 0 Å². The second kappa shape index (κ2) is 11.2. The molecule has 7 nitrogen and oxygen atoms in total. The number of hydrogen-bond donors (Lipinski definition) is 0. The van der Waals surface area contributed by atoms with Gasteiger partial charge in [-0.1, -0.05) is 54.6 Å². The van der Waals surface area contributed by atoms with Gasteiger partial charge in [-0.05, 0) is 56.1 Å². The lowest BCUT2D eigenvalue weighted by atomic mass is 9.85. The predicted octanol–water partition coefficient (Wildman–Crippen LogP) is 4.78. The lowest BCUT2D eigenvalue weighted by Crippen LogP contribution is -2.56. The number of piperidine rings is 1. The van der Waals surface area contributed by atoms with Gasteiger partial charge in [-0.25, -0.2) is 4.79 Å². The largest absolute Gasteiger partial charge is 0.465 e. The highest BCUT2D eigenvalue weighted by molar-refractivity contribution is 6.06. The normalized spacial score (nSPS) is 17.1. The monoisotopic (exact) mass is 511 g/mol. The van der Waals surface area contributed by atoms with Crippen LogP contribution >= 0.6 is 0 Å². The number of likely N-dealkylation sites (tertiary alicyclic amines) is 1. The van der Waals surface area contributed by atoms with Gasteiger partial charge in [-0.2, -0.15) is 0 Å². The Kier molecular flexibility index (Phi) is 7.56. The molecule has 2 heterocycles. The number of ketones is 1. The number of Topliss-reactive ketones (excluding diaryl/α,β-unsaturated/α-hetero) is 1. The third kappa shape index (κ3) is 5.07. The fourth-order valence-corrected chi connectivity index (χ4v) is 5.62. The number of para-hydroxylation sites is 1. The molecule has 2 aliphatic heterocycles.